The minimum Gasteiger partial charge on any atom is -0.494 e. The first-order valence-electron chi connectivity index (χ1n) is 18.4. The van der Waals surface area contributed by atoms with Crippen LogP contribution >= 0.6 is 0 Å². The number of aromatic amines is 1. The molecule has 4 aromatic rings. The van der Waals surface area contributed by atoms with Crippen LogP contribution in [0.4, 0.5) is 5.69 Å². The SMILES string of the molecule is CN1CCC(Nc2cccc(C(=O)N[C@H]3CCOc4ccc(OCCCCCOCCCOCC(=O)O)cc43)c2)(c2nnc(-c3ccncc3)[nH]2)CC1. The van der Waals surface area contributed by atoms with Gasteiger partial charge in [-0.15, -0.1) is 10.2 Å². The smallest absolute Gasteiger partial charge is 0.329 e. The second-order valence-electron chi connectivity index (χ2n) is 13.5. The van der Waals surface area contributed by atoms with E-state index in [-0.39, 0.29) is 18.6 Å². The molecule has 14 nitrogen and oxygen atoms in total. The summed E-state index contributed by atoms with van der Waals surface area (Å²) in [6.07, 6.45) is 9.17. The van der Waals surface area contributed by atoms with Crippen LogP contribution in [-0.2, 0) is 19.8 Å². The molecular weight excluding hydrogens is 678 g/mol. The number of ether oxygens (including phenoxy) is 4. The average molecular weight is 728 g/mol. The van der Waals surface area contributed by atoms with Crippen LogP contribution in [0.3, 0.4) is 0 Å². The van der Waals surface area contributed by atoms with E-state index >= 15 is 0 Å². The fraction of sp³-hybridized carbons (Fsp3) is 0.462. The number of rotatable bonds is 19. The van der Waals surface area contributed by atoms with Crippen molar-refractivity contribution in [1.82, 2.24) is 30.4 Å². The lowest BCUT2D eigenvalue weighted by Crippen LogP contribution is -2.46. The lowest BCUT2D eigenvalue weighted by molar-refractivity contribution is -0.142. The molecule has 53 heavy (non-hydrogen) atoms. The van der Waals surface area contributed by atoms with Gasteiger partial charge in [-0.2, -0.15) is 0 Å². The topological polar surface area (TPSA) is 173 Å². The van der Waals surface area contributed by atoms with E-state index in [0.29, 0.717) is 57.3 Å². The summed E-state index contributed by atoms with van der Waals surface area (Å²) in [5, 5.41) is 24.6. The first-order valence-corrected chi connectivity index (χ1v) is 18.4. The van der Waals surface area contributed by atoms with Crippen molar-refractivity contribution in [3.8, 4) is 22.9 Å². The number of carboxylic acid groups (broad SMARTS) is 1. The van der Waals surface area contributed by atoms with Gasteiger partial charge >= 0.3 is 5.97 Å². The molecule has 6 rings (SSSR count). The molecule has 2 aromatic carbocycles. The summed E-state index contributed by atoms with van der Waals surface area (Å²) in [5.74, 6) is 1.82. The number of H-pyrrole nitrogens is 1. The van der Waals surface area contributed by atoms with Crippen LogP contribution in [0.15, 0.2) is 67.0 Å². The number of carbonyl (C=O) groups excluding carboxylic acids is 1. The molecule has 282 valence electrons. The molecule has 1 amide bonds. The van der Waals surface area contributed by atoms with Crippen LogP contribution in [0.25, 0.3) is 11.4 Å². The second kappa shape index (κ2) is 18.6. The third-order valence-corrected chi connectivity index (χ3v) is 9.57. The average Bonchev–Trinajstić information content (AvgIpc) is 3.68. The van der Waals surface area contributed by atoms with Gasteiger partial charge in [-0.25, -0.2) is 4.79 Å². The van der Waals surface area contributed by atoms with Crippen molar-refractivity contribution in [3.63, 3.8) is 0 Å². The summed E-state index contributed by atoms with van der Waals surface area (Å²) in [7, 11) is 2.12. The van der Waals surface area contributed by atoms with E-state index in [1.54, 1.807) is 12.4 Å². The van der Waals surface area contributed by atoms with E-state index in [9.17, 15) is 9.59 Å². The number of nitrogens with one attached hydrogen (secondary N) is 3. The number of nitrogens with zero attached hydrogens (tertiary/aromatic N) is 4. The Morgan fingerprint density at radius 1 is 0.962 bits per heavy atom. The molecule has 1 fully saturated rings. The Bertz CT molecular complexity index is 1780. The van der Waals surface area contributed by atoms with Gasteiger partial charge in [-0.05, 0) is 94.1 Å². The number of hydrogen-bond acceptors (Lipinski definition) is 11. The van der Waals surface area contributed by atoms with Crippen LogP contribution in [0.2, 0.25) is 0 Å². The van der Waals surface area contributed by atoms with Crippen LogP contribution in [0.5, 0.6) is 11.5 Å². The number of pyridine rings is 1. The standard InChI is InChI=1S/C39H49N7O7/c1-46-18-14-39(15-19-46,38-42-36(44-45-38)28-11-16-40-17-12-28)43-30-8-5-7-29(25-30)37(49)41-33-13-24-53-34-10-9-31(26-32(33)34)52-23-4-2-3-20-50-21-6-22-51-27-35(47)48/h5,7-12,16-17,25-26,33,43H,2-4,6,13-15,18-24,27H2,1H3,(H,41,49)(H,47,48)(H,42,44,45)/t33-/m0/s1. The Kier molecular flexibility index (Phi) is 13.2. The fourth-order valence-electron chi connectivity index (χ4n) is 6.60. The molecule has 4 N–H and O–H groups in total. The second-order valence-corrected chi connectivity index (χ2v) is 13.5. The van der Waals surface area contributed by atoms with Gasteiger partial charge in [0.2, 0.25) is 0 Å². The Balaban J connectivity index is 1.02. The molecule has 0 aliphatic carbocycles. The largest absolute Gasteiger partial charge is 0.494 e. The summed E-state index contributed by atoms with van der Waals surface area (Å²) in [6, 6.07) is 17.0. The zero-order valence-electron chi connectivity index (χ0n) is 30.2. The van der Waals surface area contributed by atoms with Crippen LogP contribution < -0.4 is 20.1 Å². The van der Waals surface area contributed by atoms with Gasteiger partial charge in [0.1, 0.15) is 18.1 Å². The number of carboxylic acids is 1. The summed E-state index contributed by atoms with van der Waals surface area (Å²) in [4.78, 5) is 34.1. The first-order chi connectivity index (χ1) is 25.9. The molecule has 14 heteroatoms. The summed E-state index contributed by atoms with van der Waals surface area (Å²) in [5.41, 5.74) is 2.73. The minimum absolute atomic E-state index is 0.162. The van der Waals surface area contributed by atoms with Crippen molar-refractivity contribution in [1.29, 1.82) is 0 Å². The van der Waals surface area contributed by atoms with E-state index in [2.05, 4.69) is 42.7 Å². The maximum Gasteiger partial charge on any atom is 0.329 e. The molecule has 2 aromatic heterocycles. The summed E-state index contributed by atoms with van der Waals surface area (Å²) < 4.78 is 22.6. The highest BCUT2D eigenvalue weighted by Gasteiger charge is 2.39. The number of aliphatic carboxylic acids is 1. The Labute approximate surface area is 309 Å². The molecule has 0 spiro atoms. The van der Waals surface area contributed by atoms with Crippen LogP contribution in [-0.4, -0.2) is 102 Å². The van der Waals surface area contributed by atoms with E-state index in [0.717, 1.165) is 79.3 Å². The normalized spacial score (nSPS) is 16.7. The monoisotopic (exact) mass is 727 g/mol. The molecule has 0 radical (unpaired) electrons. The Hall–Kier alpha value is -5.05. The molecular formula is C39H49N7O7. The number of fused-ring (bicyclic) bond motifs is 1. The van der Waals surface area contributed by atoms with Gasteiger partial charge < -0.3 is 44.6 Å². The highest BCUT2D eigenvalue weighted by Crippen LogP contribution is 2.37. The first kappa shape index (κ1) is 37.7. The van der Waals surface area contributed by atoms with Crippen LogP contribution in [0, 0.1) is 0 Å². The zero-order chi connectivity index (χ0) is 36.9. The third kappa shape index (κ3) is 10.5. The number of amides is 1. The molecule has 2 aliphatic rings. The molecule has 4 heterocycles. The third-order valence-electron chi connectivity index (χ3n) is 9.57. The van der Waals surface area contributed by atoms with E-state index in [1.807, 2.05) is 54.6 Å². The van der Waals surface area contributed by atoms with Gasteiger partial charge in [0, 0.05) is 74.1 Å². The van der Waals surface area contributed by atoms with Crippen molar-refractivity contribution in [2.75, 3.05) is 65.1 Å². The highest BCUT2D eigenvalue weighted by atomic mass is 16.5. The number of benzene rings is 2. The Morgan fingerprint density at radius 2 is 1.75 bits per heavy atom. The van der Waals surface area contributed by atoms with Crippen LogP contribution in [0.1, 0.15) is 72.7 Å². The number of likely N-dealkylation sites (tertiary alicyclic amines) is 1. The van der Waals surface area contributed by atoms with Gasteiger partial charge in [-0.1, -0.05) is 6.07 Å². The van der Waals surface area contributed by atoms with Crippen molar-refractivity contribution in [3.05, 3.63) is 83.9 Å². The van der Waals surface area contributed by atoms with Crippen molar-refractivity contribution in [2.45, 2.75) is 56.5 Å². The summed E-state index contributed by atoms with van der Waals surface area (Å²) in [6.45, 7) is 4.13. The number of anilines is 1. The lowest BCUT2D eigenvalue weighted by Gasteiger charge is -2.40. The molecule has 1 atom stereocenters. The van der Waals surface area contributed by atoms with Gasteiger partial charge in [0.05, 0.1) is 24.8 Å². The van der Waals surface area contributed by atoms with Gasteiger partial charge in [0.25, 0.3) is 5.91 Å². The fourth-order valence-corrected chi connectivity index (χ4v) is 6.60. The Morgan fingerprint density at radius 3 is 2.58 bits per heavy atom. The van der Waals surface area contributed by atoms with E-state index < -0.39 is 11.5 Å². The molecule has 0 bridgehead atoms. The predicted octanol–water partition coefficient (Wildman–Crippen LogP) is 5.21. The number of unbranched alkanes of at least 4 members (excludes halogenated alkanes) is 2. The number of piperidine rings is 1. The van der Waals surface area contributed by atoms with Crippen molar-refractivity contribution >= 4 is 17.6 Å². The summed E-state index contributed by atoms with van der Waals surface area (Å²) >= 11 is 0. The highest BCUT2D eigenvalue weighted by molar-refractivity contribution is 5.95. The number of hydrogen-bond donors (Lipinski definition) is 4. The van der Waals surface area contributed by atoms with Crippen molar-refractivity contribution in [2.24, 2.45) is 0 Å². The molecule has 1 saturated heterocycles. The predicted molar refractivity (Wildman–Crippen MR) is 198 cm³/mol. The molecule has 0 saturated carbocycles. The minimum atomic E-state index is -0.965. The maximum atomic E-state index is 13.7. The maximum absolute atomic E-state index is 13.7. The lowest BCUT2D eigenvalue weighted by atomic mass is 9.86. The number of aromatic nitrogens is 4. The molecule has 0 unspecified atom stereocenters. The van der Waals surface area contributed by atoms with Crippen molar-refractivity contribution < 1.29 is 33.6 Å². The van der Waals surface area contributed by atoms with Gasteiger partial charge in [0.15, 0.2) is 11.6 Å². The molecule has 2 aliphatic heterocycles. The van der Waals surface area contributed by atoms with E-state index in [1.165, 1.54) is 0 Å². The van der Waals surface area contributed by atoms with Gasteiger partial charge in [-0.3, -0.25) is 9.78 Å². The van der Waals surface area contributed by atoms with E-state index in [4.69, 9.17) is 24.1 Å². The number of carbonyl (C=O) groups is 2. The zero-order valence-corrected chi connectivity index (χ0v) is 30.2. The quantitative estimate of drug-likeness (QED) is 0.0931.